The molecule has 26 heavy (non-hydrogen) atoms. The average molecular weight is 379 g/mol. The van der Waals surface area contributed by atoms with Crippen LogP contribution in [-0.4, -0.2) is 77.7 Å². The molecule has 1 amide bonds. The van der Waals surface area contributed by atoms with Gasteiger partial charge in [-0.15, -0.1) is 0 Å². The first-order chi connectivity index (χ1) is 12.3. The van der Waals surface area contributed by atoms with Crippen molar-refractivity contribution in [3.63, 3.8) is 0 Å². The summed E-state index contributed by atoms with van der Waals surface area (Å²) in [5.74, 6) is -0.217. The molecule has 0 N–H and O–H groups in total. The Morgan fingerprint density at radius 3 is 2.46 bits per heavy atom. The van der Waals surface area contributed by atoms with Gasteiger partial charge in [0, 0.05) is 40.3 Å². The van der Waals surface area contributed by atoms with Crippen molar-refractivity contribution in [2.24, 2.45) is 0 Å². The third-order valence-electron chi connectivity index (χ3n) is 4.43. The van der Waals surface area contributed by atoms with Gasteiger partial charge in [-0.1, -0.05) is 12.1 Å². The molecule has 0 saturated carbocycles. The fourth-order valence-electron chi connectivity index (χ4n) is 2.91. The zero-order chi connectivity index (χ0) is 18.9. The highest BCUT2D eigenvalue weighted by molar-refractivity contribution is 7.86. The number of para-hydroxylation sites is 2. The highest BCUT2D eigenvalue weighted by atomic mass is 32.2. The lowest BCUT2D eigenvalue weighted by Gasteiger charge is -2.35. The van der Waals surface area contributed by atoms with Crippen LogP contribution in [0.1, 0.15) is 0 Å². The van der Waals surface area contributed by atoms with Crippen LogP contribution in [0.5, 0.6) is 0 Å². The number of carbonyl (C=O) groups is 1. The molecule has 0 bridgehead atoms. The topological polar surface area (TPSA) is 95.8 Å². The first-order valence-electron chi connectivity index (χ1n) is 8.20. The van der Waals surface area contributed by atoms with Crippen LogP contribution in [0, 0.1) is 0 Å². The second kappa shape index (κ2) is 7.14. The molecule has 0 aliphatic carbocycles. The summed E-state index contributed by atoms with van der Waals surface area (Å²) in [5.41, 5.74) is 0.898. The van der Waals surface area contributed by atoms with E-state index in [1.165, 1.54) is 29.2 Å². The van der Waals surface area contributed by atoms with Gasteiger partial charge < -0.3 is 4.90 Å². The van der Waals surface area contributed by atoms with Gasteiger partial charge in [-0.25, -0.2) is 4.98 Å². The summed E-state index contributed by atoms with van der Waals surface area (Å²) in [6.45, 7) is 0.964. The molecule has 1 fully saturated rings. The van der Waals surface area contributed by atoms with Crippen molar-refractivity contribution < 1.29 is 13.2 Å². The number of nitrogens with zero attached hydrogens (tertiary/aromatic N) is 5. The van der Waals surface area contributed by atoms with E-state index in [-0.39, 0.29) is 31.1 Å². The van der Waals surface area contributed by atoms with Gasteiger partial charge in [-0.05, 0) is 12.1 Å². The molecule has 10 heteroatoms. The molecular weight excluding hydrogens is 358 g/mol. The Morgan fingerprint density at radius 2 is 1.81 bits per heavy atom. The Balaban J connectivity index is 1.73. The number of fused-ring (bicyclic) bond motifs is 1. The lowest BCUT2D eigenvalue weighted by molar-refractivity contribution is -0.133. The van der Waals surface area contributed by atoms with Gasteiger partial charge in [-0.2, -0.15) is 17.0 Å². The van der Waals surface area contributed by atoms with Crippen LogP contribution in [0.3, 0.4) is 0 Å². The molecule has 2 aromatic rings. The van der Waals surface area contributed by atoms with Crippen molar-refractivity contribution in [1.82, 2.24) is 23.1 Å². The van der Waals surface area contributed by atoms with E-state index in [1.807, 2.05) is 6.07 Å². The molecule has 1 aromatic carbocycles. The molecule has 2 heterocycles. The highest BCUT2D eigenvalue weighted by Gasteiger charge is 2.30. The number of carbonyl (C=O) groups excluding carboxylic acids is 1. The SMILES string of the molecule is CN(C)S(=O)(=O)N1CCN(C(=O)Cn2c(=O)cnc3ccccc32)CC1. The minimum Gasteiger partial charge on any atom is -0.338 e. The molecule has 140 valence electrons. The second-order valence-corrected chi connectivity index (χ2v) is 8.38. The summed E-state index contributed by atoms with van der Waals surface area (Å²) in [4.78, 5) is 30.4. The predicted molar refractivity (Wildman–Crippen MR) is 96.8 cm³/mol. The van der Waals surface area contributed by atoms with Gasteiger partial charge >= 0.3 is 0 Å². The lowest BCUT2D eigenvalue weighted by atomic mass is 10.3. The molecule has 3 rings (SSSR count). The number of benzene rings is 1. The summed E-state index contributed by atoms with van der Waals surface area (Å²) in [6.07, 6.45) is 1.21. The lowest BCUT2D eigenvalue weighted by Crippen LogP contribution is -2.53. The van der Waals surface area contributed by atoms with Gasteiger partial charge in [-0.3, -0.25) is 14.2 Å². The monoisotopic (exact) mass is 379 g/mol. The Kier molecular flexibility index (Phi) is 5.08. The molecule has 0 atom stereocenters. The van der Waals surface area contributed by atoms with E-state index in [1.54, 1.807) is 23.1 Å². The van der Waals surface area contributed by atoms with Crippen molar-refractivity contribution in [2.45, 2.75) is 6.54 Å². The van der Waals surface area contributed by atoms with E-state index < -0.39 is 10.2 Å². The maximum Gasteiger partial charge on any atom is 0.281 e. The minimum absolute atomic E-state index is 0.0949. The van der Waals surface area contributed by atoms with Crippen LogP contribution < -0.4 is 5.56 Å². The van der Waals surface area contributed by atoms with E-state index in [4.69, 9.17) is 0 Å². The molecular formula is C16H21N5O4S. The third kappa shape index (κ3) is 3.48. The molecule has 1 aromatic heterocycles. The predicted octanol–water partition coefficient (Wildman–Crippen LogP) is -0.653. The van der Waals surface area contributed by atoms with Crippen molar-refractivity contribution in [1.29, 1.82) is 0 Å². The highest BCUT2D eigenvalue weighted by Crippen LogP contribution is 2.12. The van der Waals surface area contributed by atoms with Crippen LogP contribution >= 0.6 is 0 Å². The maximum atomic E-state index is 12.6. The molecule has 9 nitrogen and oxygen atoms in total. The van der Waals surface area contributed by atoms with Crippen LogP contribution in [0.15, 0.2) is 35.3 Å². The Morgan fingerprint density at radius 1 is 1.15 bits per heavy atom. The van der Waals surface area contributed by atoms with Gasteiger partial charge in [0.15, 0.2) is 0 Å². The number of hydrogen-bond donors (Lipinski definition) is 0. The van der Waals surface area contributed by atoms with E-state index in [0.29, 0.717) is 24.1 Å². The first-order valence-corrected chi connectivity index (χ1v) is 9.60. The van der Waals surface area contributed by atoms with E-state index in [0.717, 1.165) is 4.31 Å². The summed E-state index contributed by atoms with van der Waals surface area (Å²) in [5, 5.41) is 0. The minimum atomic E-state index is -3.48. The number of piperazine rings is 1. The quantitative estimate of drug-likeness (QED) is 0.703. The molecule has 0 unspecified atom stereocenters. The summed E-state index contributed by atoms with van der Waals surface area (Å²) in [6, 6.07) is 7.13. The first kappa shape index (κ1) is 18.5. The van der Waals surface area contributed by atoms with Gasteiger partial charge in [0.25, 0.3) is 15.8 Å². The van der Waals surface area contributed by atoms with Crippen molar-refractivity contribution in [2.75, 3.05) is 40.3 Å². The van der Waals surface area contributed by atoms with Gasteiger partial charge in [0.2, 0.25) is 5.91 Å². The summed E-state index contributed by atoms with van der Waals surface area (Å²) < 4.78 is 28.2. The fourth-order valence-corrected chi connectivity index (χ4v) is 4.00. The number of amides is 1. The van der Waals surface area contributed by atoms with Crippen LogP contribution in [-0.2, 0) is 21.5 Å². The van der Waals surface area contributed by atoms with E-state index >= 15 is 0 Å². The maximum absolute atomic E-state index is 12.6. The zero-order valence-corrected chi connectivity index (χ0v) is 15.5. The zero-order valence-electron chi connectivity index (χ0n) is 14.7. The second-order valence-electron chi connectivity index (χ2n) is 6.24. The molecule has 0 spiro atoms. The Hall–Kier alpha value is -2.30. The summed E-state index contributed by atoms with van der Waals surface area (Å²) >= 11 is 0. The Labute approximate surface area is 151 Å². The average Bonchev–Trinajstić information content (AvgIpc) is 2.64. The molecule has 1 aliphatic heterocycles. The normalized spacial score (nSPS) is 16.3. The third-order valence-corrected chi connectivity index (χ3v) is 6.37. The smallest absolute Gasteiger partial charge is 0.281 e. The van der Waals surface area contributed by atoms with Crippen molar-refractivity contribution >= 4 is 27.1 Å². The number of rotatable bonds is 4. The van der Waals surface area contributed by atoms with Gasteiger partial charge in [0.05, 0.1) is 17.2 Å². The molecule has 1 aliphatic rings. The number of aromatic nitrogens is 2. The van der Waals surface area contributed by atoms with E-state index in [9.17, 15) is 18.0 Å². The standard InChI is InChI=1S/C16H21N5O4S/c1-18(2)26(24,25)20-9-7-19(8-10-20)16(23)12-21-14-6-4-3-5-13(14)17-11-15(21)22/h3-6,11H,7-10,12H2,1-2H3. The number of hydrogen-bond acceptors (Lipinski definition) is 5. The van der Waals surface area contributed by atoms with Gasteiger partial charge in [0.1, 0.15) is 6.54 Å². The van der Waals surface area contributed by atoms with Crippen molar-refractivity contribution in [3.05, 3.63) is 40.8 Å². The molecule has 1 saturated heterocycles. The van der Waals surface area contributed by atoms with Crippen LogP contribution in [0.2, 0.25) is 0 Å². The van der Waals surface area contributed by atoms with E-state index in [2.05, 4.69) is 4.98 Å². The largest absolute Gasteiger partial charge is 0.338 e. The van der Waals surface area contributed by atoms with Crippen molar-refractivity contribution in [3.8, 4) is 0 Å². The fraction of sp³-hybridized carbons (Fsp3) is 0.438. The Bertz CT molecular complexity index is 978. The molecule has 0 radical (unpaired) electrons. The van der Waals surface area contributed by atoms with Crippen LogP contribution in [0.4, 0.5) is 0 Å². The summed E-state index contributed by atoms with van der Waals surface area (Å²) in [7, 11) is -0.518. The van der Waals surface area contributed by atoms with Crippen LogP contribution in [0.25, 0.3) is 11.0 Å².